The molecule has 0 bridgehead atoms. The SMILES string of the molecule is CCCOc1cc(/C=C(\C(=O)O)c2cccs2)ccc1OC. The smallest absolute Gasteiger partial charge is 0.337 e. The van der Waals surface area contributed by atoms with Crippen LogP contribution in [0, 0.1) is 0 Å². The van der Waals surface area contributed by atoms with Crippen LogP contribution in [0.3, 0.4) is 0 Å². The molecule has 0 aliphatic carbocycles. The first-order valence-corrected chi connectivity index (χ1v) is 7.83. The highest BCUT2D eigenvalue weighted by Crippen LogP contribution is 2.30. The number of hydrogen-bond donors (Lipinski definition) is 1. The molecule has 4 nitrogen and oxygen atoms in total. The van der Waals surface area contributed by atoms with E-state index in [2.05, 4.69) is 0 Å². The molecule has 5 heteroatoms. The predicted octanol–water partition coefficient (Wildman–Crippen LogP) is 4.17. The average molecular weight is 318 g/mol. The van der Waals surface area contributed by atoms with E-state index in [1.807, 2.05) is 24.4 Å². The minimum absolute atomic E-state index is 0.265. The van der Waals surface area contributed by atoms with E-state index >= 15 is 0 Å². The van der Waals surface area contributed by atoms with Crippen molar-refractivity contribution in [1.29, 1.82) is 0 Å². The Hall–Kier alpha value is -2.27. The Morgan fingerprint density at radius 3 is 2.73 bits per heavy atom. The monoisotopic (exact) mass is 318 g/mol. The highest BCUT2D eigenvalue weighted by molar-refractivity contribution is 7.11. The summed E-state index contributed by atoms with van der Waals surface area (Å²) in [6.45, 7) is 2.61. The zero-order chi connectivity index (χ0) is 15.9. The minimum atomic E-state index is -0.950. The number of methoxy groups -OCH3 is 1. The molecule has 0 spiro atoms. The molecule has 1 aromatic carbocycles. The number of thiophene rings is 1. The predicted molar refractivity (Wildman–Crippen MR) is 88.6 cm³/mol. The topological polar surface area (TPSA) is 55.8 Å². The molecule has 0 atom stereocenters. The Morgan fingerprint density at radius 1 is 1.32 bits per heavy atom. The van der Waals surface area contributed by atoms with Gasteiger partial charge in [0.1, 0.15) is 0 Å². The van der Waals surface area contributed by atoms with Crippen molar-refractivity contribution in [2.24, 2.45) is 0 Å². The Morgan fingerprint density at radius 2 is 2.14 bits per heavy atom. The molecule has 1 heterocycles. The maximum atomic E-state index is 11.5. The van der Waals surface area contributed by atoms with Crippen LogP contribution in [0.5, 0.6) is 11.5 Å². The average Bonchev–Trinajstić information content (AvgIpc) is 3.04. The van der Waals surface area contributed by atoms with E-state index in [0.29, 0.717) is 18.1 Å². The fraction of sp³-hybridized carbons (Fsp3) is 0.235. The maximum Gasteiger partial charge on any atom is 0.337 e. The van der Waals surface area contributed by atoms with Crippen LogP contribution in [-0.4, -0.2) is 24.8 Å². The third-order valence-electron chi connectivity index (χ3n) is 2.98. The largest absolute Gasteiger partial charge is 0.493 e. The van der Waals surface area contributed by atoms with Crippen molar-refractivity contribution in [1.82, 2.24) is 0 Å². The second-order valence-corrected chi connectivity index (χ2v) is 5.55. The van der Waals surface area contributed by atoms with Crippen LogP contribution in [0.4, 0.5) is 0 Å². The van der Waals surface area contributed by atoms with Crippen LogP contribution in [0.25, 0.3) is 11.6 Å². The molecular formula is C17H18O4S. The number of carbonyl (C=O) groups is 1. The van der Waals surface area contributed by atoms with Gasteiger partial charge in [-0.2, -0.15) is 0 Å². The molecule has 0 saturated heterocycles. The normalized spacial score (nSPS) is 11.3. The molecule has 0 aliphatic rings. The lowest BCUT2D eigenvalue weighted by Gasteiger charge is -2.11. The maximum absolute atomic E-state index is 11.5. The van der Waals surface area contributed by atoms with Crippen molar-refractivity contribution >= 4 is 29.0 Å². The van der Waals surface area contributed by atoms with Gasteiger partial charge in [-0.3, -0.25) is 0 Å². The first-order valence-electron chi connectivity index (χ1n) is 6.95. The molecular weight excluding hydrogens is 300 g/mol. The van der Waals surface area contributed by atoms with Crippen molar-refractivity contribution in [3.63, 3.8) is 0 Å². The summed E-state index contributed by atoms with van der Waals surface area (Å²) in [5, 5.41) is 11.3. The van der Waals surface area contributed by atoms with E-state index < -0.39 is 5.97 Å². The third-order valence-corrected chi connectivity index (χ3v) is 3.88. The molecule has 116 valence electrons. The standard InChI is InChI=1S/C17H18O4S/c1-3-8-21-15-11-12(6-7-14(15)20-2)10-13(17(18)19)16-5-4-9-22-16/h4-7,9-11H,3,8H2,1-2H3,(H,18,19)/b13-10-. The van der Waals surface area contributed by atoms with Crippen molar-refractivity contribution in [3.8, 4) is 11.5 Å². The Kier molecular flexibility index (Phi) is 5.61. The van der Waals surface area contributed by atoms with Crippen LogP contribution in [0.1, 0.15) is 23.8 Å². The van der Waals surface area contributed by atoms with Crippen molar-refractivity contribution < 1.29 is 19.4 Å². The van der Waals surface area contributed by atoms with Gasteiger partial charge in [0, 0.05) is 4.88 Å². The number of ether oxygens (including phenoxy) is 2. The zero-order valence-corrected chi connectivity index (χ0v) is 13.4. The van der Waals surface area contributed by atoms with Crippen LogP contribution < -0.4 is 9.47 Å². The first-order chi connectivity index (χ1) is 10.7. The highest BCUT2D eigenvalue weighted by atomic mass is 32.1. The molecule has 2 rings (SSSR count). The van der Waals surface area contributed by atoms with E-state index in [9.17, 15) is 9.90 Å². The summed E-state index contributed by atoms with van der Waals surface area (Å²) in [6.07, 6.45) is 2.53. The lowest BCUT2D eigenvalue weighted by Crippen LogP contribution is -1.99. The second kappa shape index (κ2) is 7.66. The zero-order valence-electron chi connectivity index (χ0n) is 12.5. The van der Waals surface area contributed by atoms with Gasteiger partial charge in [-0.05, 0) is 41.6 Å². The number of hydrogen-bond acceptors (Lipinski definition) is 4. The van der Waals surface area contributed by atoms with Crippen LogP contribution >= 0.6 is 11.3 Å². The van der Waals surface area contributed by atoms with Gasteiger partial charge in [-0.1, -0.05) is 19.1 Å². The van der Waals surface area contributed by atoms with Crippen molar-refractivity contribution in [3.05, 3.63) is 46.2 Å². The number of carboxylic acids is 1. The number of benzene rings is 1. The summed E-state index contributed by atoms with van der Waals surface area (Å²) >= 11 is 1.40. The van der Waals surface area contributed by atoms with E-state index in [0.717, 1.165) is 16.9 Å². The van der Waals surface area contributed by atoms with Crippen molar-refractivity contribution in [2.75, 3.05) is 13.7 Å². The van der Waals surface area contributed by atoms with Gasteiger partial charge < -0.3 is 14.6 Å². The van der Waals surface area contributed by atoms with Gasteiger partial charge >= 0.3 is 5.97 Å². The fourth-order valence-electron chi connectivity index (χ4n) is 1.94. The van der Waals surface area contributed by atoms with Crippen LogP contribution in [-0.2, 0) is 4.79 Å². The number of carboxylic acid groups (broad SMARTS) is 1. The summed E-state index contributed by atoms with van der Waals surface area (Å²) in [6, 6.07) is 9.02. The molecule has 0 aliphatic heterocycles. The molecule has 0 amide bonds. The fourth-order valence-corrected chi connectivity index (χ4v) is 2.68. The summed E-state index contributed by atoms with van der Waals surface area (Å²) in [5.74, 6) is 0.307. The molecule has 0 fully saturated rings. The summed E-state index contributed by atoms with van der Waals surface area (Å²) in [7, 11) is 1.58. The van der Waals surface area contributed by atoms with Crippen LogP contribution in [0.15, 0.2) is 35.7 Å². The van der Waals surface area contributed by atoms with Crippen LogP contribution in [0.2, 0.25) is 0 Å². The van der Waals surface area contributed by atoms with Gasteiger partial charge in [-0.15, -0.1) is 11.3 Å². The summed E-state index contributed by atoms with van der Waals surface area (Å²) in [5.41, 5.74) is 1.03. The van der Waals surface area contributed by atoms with Gasteiger partial charge in [-0.25, -0.2) is 4.79 Å². The van der Waals surface area contributed by atoms with Crippen molar-refractivity contribution in [2.45, 2.75) is 13.3 Å². The molecule has 2 aromatic rings. The van der Waals surface area contributed by atoms with E-state index in [1.54, 1.807) is 31.4 Å². The van der Waals surface area contributed by atoms with E-state index in [-0.39, 0.29) is 5.57 Å². The van der Waals surface area contributed by atoms with Gasteiger partial charge in [0.2, 0.25) is 0 Å². The minimum Gasteiger partial charge on any atom is -0.493 e. The lowest BCUT2D eigenvalue weighted by atomic mass is 10.1. The lowest BCUT2D eigenvalue weighted by molar-refractivity contribution is -0.130. The summed E-state index contributed by atoms with van der Waals surface area (Å²) < 4.78 is 10.9. The first kappa shape index (κ1) is 16.1. The Bertz CT molecular complexity index is 659. The third kappa shape index (κ3) is 3.89. The Balaban J connectivity index is 2.38. The molecule has 1 N–H and O–H groups in total. The molecule has 0 saturated carbocycles. The highest BCUT2D eigenvalue weighted by Gasteiger charge is 2.12. The van der Waals surface area contributed by atoms with Gasteiger partial charge in [0.15, 0.2) is 11.5 Å². The van der Waals surface area contributed by atoms with Gasteiger partial charge in [0.05, 0.1) is 19.3 Å². The van der Waals surface area contributed by atoms with E-state index in [4.69, 9.17) is 9.47 Å². The number of aliphatic carboxylic acids is 1. The van der Waals surface area contributed by atoms with Gasteiger partial charge in [0.25, 0.3) is 0 Å². The summed E-state index contributed by atoms with van der Waals surface area (Å²) in [4.78, 5) is 12.2. The quantitative estimate of drug-likeness (QED) is 0.778. The van der Waals surface area contributed by atoms with E-state index in [1.165, 1.54) is 11.3 Å². The number of rotatable bonds is 7. The molecule has 22 heavy (non-hydrogen) atoms. The second-order valence-electron chi connectivity index (χ2n) is 4.60. The Labute approximate surface area is 133 Å². The molecule has 1 aromatic heterocycles. The molecule has 0 unspecified atom stereocenters. The molecule has 0 radical (unpaired) electrons.